The summed E-state index contributed by atoms with van der Waals surface area (Å²) in [4.78, 5) is 4.90. The maximum Gasteiger partial charge on any atom is 0.146 e. The van der Waals surface area contributed by atoms with Crippen molar-refractivity contribution in [1.29, 1.82) is 0 Å². The number of benzene rings is 4. The molecule has 1 aliphatic rings. The summed E-state index contributed by atoms with van der Waals surface area (Å²) in [5, 5.41) is 2.11. The van der Waals surface area contributed by atoms with Crippen LogP contribution < -0.4 is 4.74 Å². The third-order valence-corrected chi connectivity index (χ3v) is 5.46. The maximum atomic E-state index is 6.71. The first kappa shape index (κ1) is 16.1. The van der Waals surface area contributed by atoms with Crippen molar-refractivity contribution in [3.8, 4) is 5.75 Å². The molecule has 4 aromatic carbocycles. The molecule has 2 nitrogen and oxygen atoms in total. The van der Waals surface area contributed by atoms with Gasteiger partial charge in [0.15, 0.2) is 0 Å². The topological polar surface area (TPSA) is 22.1 Å². The molecule has 29 heavy (non-hydrogen) atoms. The molecule has 0 atom stereocenters. The van der Waals surface area contributed by atoms with Crippen LogP contribution in [0.25, 0.3) is 33.1 Å². The Labute approximate surface area is 168 Å². The van der Waals surface area contributed by atoms with Crippen molar-refractivity contribution in [1.82, 2.24) is 4.98 Å². The summed E-state index contributed by atoms with van der Waals surface area (Å²) in [7, 11) is 0. The van der Waals surface area contributed by atoms with E-state index in [-0.39, 0.29) is 0 Å². The highest BCUT2D eigenvalue weighted by molar-refractivity contribution is 6.14. The number of pyridine rings is 1. The van der Waals surface area contributed by atoms with E-state index >= 15 is 0 Å². The lowest BCUT2D eigenvalue weighted by Crippen LogP contribution is -2.08. The van der Waals surface area contributed by atoms with Gasteiger partial charge in [0, 0.05) is 16.5 Å². The third-order valence-electron chi connectivity index (χ3n) is 5.46. The minimum atomic E-state index is 0.883. The van der Waals surface area contributed by atoms with Gasteiger partial charge in [0.1, 0.15) is 11.5 Å². The van der Waals surface area contributed by atoms with Gasteiger partial charge in [0.2, 0.25) is 0 Å². The molecule has 0 radical (unpaired) electrons. The second-order valence-electron chi connectivity index (χ2n) is 7.20. The maximum absolute atomic E-state index is 6.71. The van der Waals surface area contributed by atoms with Crippen molar-refractivity contribution in [2.45, 2.75) is 0 Å². The zero-order valence-corrected chi connectivity index (χ0v) is 15.7. The molecule has 5 aromatic rings. The second-order valence-corrected chi connectivity index (χ2v) is 7.20. The van der Waals surface area contributed by atoms with Crippen LogP contribution in [0.4, 0.5) is 0 Å². The van der Waals surface area contributed by atoms with Crippen LogP contribution in [0.1, 0.15) is 16.7 Å². The monoisotopic (exact) mass is 371 g/mol. The van der Waals surface area contributed by atoms with Gasteiger partial charge in [-0.2, -0.15) is 0 Å². The third kappa shape index (κ3) is 2.46. The number of aromatic nitrogens is 1. The molecule has 6 rings (SSSR count). The van der Waals surface area contributed by atoms with Crippen LogP contribution >= 0.6 is 0 Å². The highest BCUT2D eigenvalue weighted by Gasteiger charge is 2.26. The van der Waals surface area contributed by atoms with E-state index in [1.807, 2.05) is 30.3 Å². The Balaban J connectivity index is 1.77. The molecule has 0 spiro atoms. The predicted molar refractivity (Wildman–Crippen MR) is 119 cm³/mol. The fourth-order valence-corrected chi connectivity index (χ4v) is 4.17. The normalized spacial score (nSPS) is 13.0. The summed E-state index contributed by atoms with van der Waals surface area (Å²) in [6, 6.07) is 35.3. The van der Waals surface area contributed by atoms with E-state index in [2.05, 4.69) is 72.8 Å². The minimum Gasteiger partial charge on any atom is -0.455 e. The van der Waals surface area contributed by atoms with Crippen molar-refractivity contribution in [2.75, 3.05) is 0 Å². The van der Waals surface area contributed by atoms with E-state index in [4.69, 9.17) is 9.72 Å². The summed E-state index contributed by atoms with van der Waals surface area (Å²) in [6.45, 7) is 0. The van der Waals surface area contributed by atoms with Crippen LogP contribution in [-0.2, 0) is 0 Å². The van der Waals surface area contributed by atoms with Gasteiger partial charge in [-0.05, 0) is 29.3 Å². The van der Waals surface area contributed by atoms with E-state index < -0.39 is 0 Å². The lowest BCUT2D eigenvalue weighted by molar-refractivity contribution is 0.525. The van der Waals surface area contributed by atoms with Gasteiger partial charge in [-0.3, -0.25) is 0 Å². The van der Waals surface area contributed by atoms with Crippen molar-refractivity contribution >= 4 is 33.1 Å². The van der Waals surface area contributed by atoms with Crippen molar-refractivity contribution in [2.24, 2.45) is 0 Å². The summed E-state index contributed by atoms with van der Waals surface area (Å²) < 4.78 is 6.71. The fourth-order valence-electron chi connectivity index (χ4n) is 4.17. The summed E-state index contributed by atoms with van der Waals surface area (Å²) in [6.07, 6.45) is 0. The zero-order chi connectivity index (χ0) is 19.2. The minimum absolute atomic E-state index is 0.883. The summed E-state index contributed by atoms with van der Waals surface area (Å²) in [5.74, 6) is 1.77. The average Bonchev–Trinajstić information content (AvgIpc) is 2.80. The Hall–Kier alpha value is -3.91. The standard InChI is InChI=1S/C27H17NO/c1-3-10-18(11-4-1)24-21-15-9-17-23-25(21)27(20-14-7-8-16-22(20)28-23)29-26(24)19-12-5-2-6-13-19/h1-17H. The molecule has 2 heterocycles. The highest BCUT2D eigenvalue weighted by atomic mass is 16.5. The Morgan fingerprint density at radius 3 is 2.00 bits per heavy atom. The van der Waals surface area contributed by atoms with Gasteiger partial charge in [0.05, 0.1) is 16.4 Å². The van der Waals surface area contributed by atoms with E-state index in [0.29, 0.717) is 0 Å². The molecule has 136 valence electrons. The van der Waals surface area contributed by atoms with Crippen LogP contribution in [0, 0.1) is 0 Å². The smallest absolute Gasteiger partial charge is 0.146 e. The molecule has 1 aromatic heterocycles. The molecule has 0 saturated heterocycles. The van der Waals surface area contributed by atoms with Crippen LogP contribution in [0.3, 0.4) is 0 Å². The SMILES string of the molecule is c1ccc(C2=C(c3ccccc3)c3cccc4nc5ccccc5c(c34)O2)cc1. The van der Waals surface area contributed by atoms with E-state index in [1.165, 1.54) is 0 Å². The van der Waals surface area contributed by atoms with Gasteiger partial charge >= 0.3 is 0 Å². The van der Waals surface area contributed by atoms with Gasteiger partial charge in [-0.1, -0.05) is 84.9 Å². The first-order valence-corrected chi connectivity index (χ1v) is 9.75. The number of hydrogen-bond acceptors (Lipinski definition) is 2. The number of nitrogens with zero attached hydrogens (tertiary/aromatic N) is 1. The first-order chi connectivity index (χ1) is 14.4. The number of para-hydroxylation sites is 1. The van der Waals surface area contributed by atoms with Crippen LogP contribution in [0.15, 0.2) is 103 Å². The van der Waals surface area contributed by atoms with E-state index in [0.717, 1.165) is 55.6 Å². The van der Waals surface area contributed by atoms with Crippen LogP contribution in [-0.4, -0.2) is 4.98 Å². The molecular weight excluding hydrogens is 354 g/mol. The molecule has 0 fully saturated rings. The van der Waals surface area contributed by atoms with E-state index in [9.17, 15) is 0 Å². The number of fused-ring (bicyclic) bond motifs is 2. The molecule has 0 bridgehead atoms. The Morgan fingerprint density at radius 2 is 1.21 bits per heavy atom. The number of rotatable bonds is 2. The van der Waals surface area contributed by atoms with Crippen molar-refractivity contribution in [3.05, 3.63) is 120 Å². The highest BCUT2D eigenvalue weighted by Crippen LogP contribution is 2.47. The van der Waals surface area contributed by atoms with Gasteiger partial charge in [-0.15, -0.1) is 0 Å². The Morgan fingerprint density at radius 1 is 0.552 bits per heavy atom. The van der Waals surface area contributed by atoms with Gasteiger partial charge in [0.25, 0.3) is 0 Å². The Kier molecular flexibility index (Phi) is 3.50. The number of ether oxygens (including phenoxy) is 1. The largest absolute Gasteiger partial charge is 0.455 e. The molecular formula is C27H17NO. The van der Waals surface area contributed by atoms with E-state index in [1.54, 1.807) is 0 Å². The van der Waals surface area contributed by atoms with Crippen LogP contribution in [0.2, 0.25) is 0 Å². The fraction of sp³-hybridized carbons (Fsp3) is 0. The predicted octanol–water partition coefficient (Wildman–Crippen LogP) is 6.70. The second kappa shape index (κ2) is 6.32. The average molecular weight is 371 g/mol. The molecule has 0 aliphatic carbocycles. The molecule has 0 unspecified atom stereocenters. The molecule has 0 amide bonds. The quantitative estimate of drug-likeness (QED) is 0.322. The molecule has 1 aliphatic heterocycles. The van der Waals surface area contributed by atoms with Gasteiger partial charge in [-0.25, -0.2) is 4.98 Å². The first-order valence-electron chi connectivity index (χ1n) is 9.75. The van der Waals surface area contributed by atoms with Crippen LogP contribution in [0.5, 0.6) is 5.75 Å². The zero-order valence-electron chi connectivity index (χ0n) is 15.7. The molecule has 0 N–H and O–H groups in total. The summed E-state index contributed by atoms with van der Waals surface area (Å²) >= 11 is 0. The number of hydrogen-bond donors (Lipinski definition) is 0. The Bertz CT molecular complexity index is 1400. The molecule has 2 heteroatoms. The lowest BCUT2D eigenvalue weighted by Gasteiger charge is -2.26. The van der Waals surface area contributed by atoms with Gasteiger partial charge < -0.3 is 4.74 Å². The lowest BCUT2D eigenvalue weighted by atomic mass is 9.89. The summed E-state index contributed by atoms with van der Waals surface area (Å²) in [5.41, 5.74) is 6.37. The molecule has 0 saturated carbocycles. The van der Waals surface area contributed by atoms with Crippen molar-refractivity contribution < 1.29 is 4.74 Å². The van der Waals surface area contributed by atoms with Crippen molar-refractivity contribution in [3.63, 3.8) is 0 Å².